The molecule has 0 aromatic heterocycles. The number of rotatable bonds is 12. The standard InChI is InChI=1S/C19H28N2O4/c1-2-3-4-5-6-7-8-18(22)20-16-11-9-15(10-12-16)17(21-25)13-14-19(23)24/h9-12,25H,2-8,13-14H2,1H3,(H,20,22)(H,23,24)/b21-17-. The van der Waals surface area contributed by atoms with E-state index in [-0.39, 0.29) is 18.7 Å². The van der Waals surface area contributed by atoms with E-state index in [1.165, 1.54) is 25.7 Å². The van der Waals surface area contributed by atoms with Crippen molar-refractivity contribution in [2.24, 2.45) is 5.16 Å². The minimum atomic E-state index is -0.945. The molecule has 0 aliphatic carbocycles. The first-order valence-electron chi connectivity index (χ1n) is 8.89. The van der Waals surface area contributed by atoms with Gasteiger partial charge < -0.3 is 15.6 Å². The Morgan fingerprint density at radius 1 is 0.960 bits per heavy atom. The summed E-state index contributed by atoms with van der Waals surface area (Å²) < 4.78 is 0. The minimum absolute atomic E-state index is 0.00910. The van der Waals surface area contributed by atoms with Crippen LogP contribution in [0.5, 0.6) is 0 Å². The number of nitrogens with one attached hydrogen (secondary N) is 1. The first kappa shape index (κ1) is 20.7. The maximum absolute atomic E-state index is 11.9. The number of oxime groups is 1. The van der Waals surface area contributed by atoms with Gasteiger partial charge in [0.05, 0.1) is 12.1 Å². The smallest absolute Gasteiger partial charge is 0.303 e. The van der Waals surface area contributed by atoms with Crippen molar-refractivity contribution < 1.29 is 19.9 Å². The second kappa shape index (κ2) is 12.1. The van der Waals surface area contributed by atoms with E-state index >= 15 is 0 Å². The molecule has 0 saturated carbocycles. The molecular formula is C19H28N2O4. The number of nitrogens with zero attached hydrogens (tertiary/aromatic N) is 1. The molecule has 1 aromatic carbocycles. The maximum atomic E-state index is 11.9. The zero-order chi connectivity index (χ0) is 18.5. The number of unbranched alkanes of at least 4 members (excludes halogenated alkanes) is 5. The molecule has 25 heavy (non-hydrogen) atoms. The van der Waals surface area contributed by atoms with Gasteiger partial charge in [-0.1, -0.05) is 56.3 Å². The molecule has 0 aliphatic rings. The SMILES string of the molecule is CCCCCCCCC(=O)Nc1ccc(/C(CCC(=O)O)=N\O)cc1. The Morgan fingerprint density at radius 3 is 2.20 bits per heavy atom. The quantitative estimate of drug-likeness (QED) is 0.225. The van der Waals surface area contributed by atoms with Gasteiger partial charge in [-0.2, -0.15) is 0 Å². The lowest BCUT2D eigenvalue weighted by atomic mass is 10.1. The molecule has 0 heterocycles. The van der Waals surface area contributed by atoms with E-state index in [1.807, 2.05) is 0 Å². The first-order chi connectivity index (χ1) is 12.1. The maximum Gasteiger partial charge on any atom is 0.303 e. The van der Waals surface area contributed by atoms with Crippen LogP contribution >= 0.6 is 0 Å². The van der Waals surface area contributed by atoms with E-state index in [4.69, 9.17) is 10.3 Å². The number of anilines is 1. The van der Waals surface area contributed by atoms with Crippen molar-refractivity contribution in [3.05, 3.63) is 29.8 Å². The average molecular weight is 348 g/mol. The van der Waals surface area contributed by atoms with E-state index in [0.717, 1.165) is 12.8 Å². The monoisotopic (exact) mass is 348 g/mol. The Morgan fingerprint density at radius 2 is 1.60 bits per heavy atom. The molecule has 1 aromatic rings. The highest BCUT2D eigenvalue weighted by Gasteiger charge is 2.08. The van der Waals surface area contributed by atoms with Crippen molar-refractivity contribution in [2.45, 2.75) is 64.7 Å². The summed E-state index contributed by atoms with van der Waals surface area (Å²) in [7, 11) is 0. The molecule has 138 valence electrons. The molecule has 0 aliphatic heterocycles. The fraction of sp³-hybridized carbons (Fsp3) is 0.526. The van der Waals surface area contributed by atoms with Crippen molar-refractivity contribution >= 4 is 23.3 Å². The summed E-state index contributed by atoms with van der Waals surface area (Å²) in [6.45, 7) is 2.18. The lowest BCUT2D eigenvalue weighted by Crippen LogP contribution is -2.11. The van der Waals surface area contributed by atoms with Gasteiger partial charge in [0.15, 0.2) is 0 Å². The summed E-state index contributed by atoms with van der Waals surface area (Å²) in [5, 5.41) is 23.7. The highest BCUT2D eigenvalue weighted by atomic mass is 16.4. The summed E-state index contributed by atoms with van der Waals surface area (Å²) in [5.74, 6) is -0.954. The zero-order valence-corrected chi connectivity index (χ0v) is 14.8. The van der Waals surface area contributed by atoms with Crippen LogP contribution < -0.4 is 5.32 Å². The topological polar surface area (TPSA) is 99.0 Å². The molecule has 1 rings (SSSR count). The Bertz CT molecular complexity index is 567. The fourth-order valence-corrected chi connectivity index (χ4v) is 2.51. The number of carbonyl (C=O) groups is 2. The van der Waals surface area contributed by atoms with Gasteiger partial charge in [0.1, 0.15) is 0 Å². The minimum Gasteiger partial charge on any atom is -0.481 e. The van der Waals surface area contributed by atoms with Crippen molar-refractivity contribution in [1.29, 1.82) is 0 Å². The lowest BCUT2D eigenvalue weighted by molar-refractivity contribution is -0.136. The third-order valence-electron chi connectivity index (χ3n) is 3.96. The van der Waals surface area contributed by atoms with Gasteiger partial charge >= 0.3 is 5.97 Å². The molecule has 0 saturated heterocycles. The van der Waals surface area contributed by atoms with Crippen LogP contribution in [0.15, 0.2) is 29.4 Å². The summed E-state index contributed by atoms with van der Waals surface area (Å²) >= 11 is 0. The van der Waals surface area contributed by atoms with Crippen LogP contribution in [0.2, 0.25) is 0 Å². The van der Waals surface area contributed by atoms with Crippen LogP contribution in [0.25, 0.3) is 0 Å². The van der Waals surface area contributed by atoms with Gasteiger partial charge in [0.2, 0.25) is 5.91 Å². The van der Waals surface area contributed by atoms with Crippen LogP contribution in [-0.4, -0.2) is 27.9 Å². The van der Waals surface area contributed by atoms with Crippen molar-refractivity contribution in [3.8, 4) is 0 Å². The summed E-state index contributed by atoms with van der Waals surface area (Å²) in [5.41, 5.74) is 1.63. The summed E-state index contributed by atoms with van der Waals surface area (Å²) in [4.78, 5) is 22.5. The Balaban J connectivity index is 2.40. The molecule has 3 N–H and O–H groups in total. The lowest BCUT2D eigenvalue weighted by Gasteiger charge is -2.07. The van der Waals surface area contributed by atoms with Gasteiger partial charge in [-0.05, 0) is 24.1 Å². The van der Waals surface area contributed by atoms with Crippen LogP contribution in [0.3, 0.4) is 0 Å². The molecule has 0 spiro atoms. The molecule has 6 nitrogen and oxygen atoms in total. The summed E-state index contributed by atoms with van der Waals surface area (Å²) in [6.07, 6.45) is 7.41. The van der Waals surface area contributed by atoms with Crippen molar-refractivity contribution in [3.63, 3.8) is 0 Å². The Labute approximate surface area is 148 Å². The number of carbonyl (C=O) groups excluding carboxylic acids is 1. The molecule has 0 atom stereocenters. The highest BCUT2D eigenvalue weighted by molar-refractivity contribution is 6.01. The van der Waals surface area contributed by atoms with Gasteiger partial charge in [-0.3, -0.25) is 9.59 Å². The van der Waals surface area contributed by atoms with E-state index in [1.54, 1.807) is 24.3 Å². The molecule has 6 heteroatoms. The van der Waals surface area contributed by atoms with E-state index in [9.17, 15) is 9.59 Å². The van der Waals surface area contributed by atoms with Crippen molar-refractivity contribution in [2.75, 3.05) is 5.32 Å². The van der Waals surface area contributed by atoms with Gasteiger partial charge in [-0.25, -0.2) is 0 Å². The molecule has 0 fully saturated rings. The number of carboxylic acids is 1. The van der Waals surface area contributed by atoms with Crippen LogP contribution in [0.1, 0.15) is 70.3 Å². The number of carboxylic acid groups (broad SMARTS) is 1. The number of hydrogen-bond acceptors (Lipinski definition) is 4. The summed E-state index contributed by atoms with van der Waals surface area (Å²) in [6, 6.07) is 6.86. The van der Waals surface area contributed by atoms with E-state index < -0.39 is 5.97 Å². The van der Waals surface area contributed by atoms with E-state index in [2.05, 4.69) is 17.4 Å². The fourth-order valence-electron chi connectivity index (χ4n) is 2.51. The highest BCUT2D eigenvalue weighted by Crippen LogP contribution is 2.14. The molecule has 0 unspecified atom stereocenters. The van der Waals surface area contributed by atoms with Gasteiger partial charge in [0.25, 0.3) is 0 Å². The van der Waals surface area contributed by atoms with Crippen LogP contribution in [0, 0.1) is 0 Å². The number of aliphatic carboxylic acids is 1. The molecule has 1 amide bonds. The Hall–Kier alpha value is -2.37. The predicted molar refractivity (Wildman–Crippen MR) is 98.3 cm³/mol. The first-order valence-corrected chi connectivity index (χ1v) is 8.89. The second-order valence-electron chi connectivity index (χ2n) is 6.08. The van der Waals surface area contributed by atoms with Crippen LogP contribution in [0.4, 0.5) is 5.69 Å². The van der Waals surface area contributed by atoms with Crippen LogP contribution in [-0.2, 0) is 9.59 Å². The predicted octanol–water partition coefficient (Wildman–Crippen LogP) is 4.42. The molecular weight excluding hydrogens is 320 g/mol. The Kier molecular flexibility index (Phi) is 9.97. The second-order valence-corrected chi connectivity index (χ2v) is 6.08. The largest absolute Gasteiger partial charge is 0.481 e. The third kappa shape index (κ3) is 8.88. The third-order valence-corrected chi connectivity index (χ3v) is 3.96. The van der Waals surface area contributed by atoms with Crippen molar-refractivity contribution in [1.82, 2.24) is 0 Å². The van der Waals surface area contributed by atoms with E-state index in [0.29, 0.717) is 23.4 Å². The van der Waals surface area contributed by atoms with Gasteiger partial charge in [0, 0.05) is 18.5 Å². The normalized spacial score (nSPS) is 11.3. The zero-order valence-electron chi connectivity index (χ0n) is 14.8. The number of hydrogen-bond donors (Lipinski definition) is 3. The average Bonchev–Trinajstić information content (AvgIpc) is 2.59. The number of amides is 1. The molecule has 0 radical (unpaired) electrons. The van der Waals surface area contributed by atoms with Gasteiger partial charge in [-0.15, -0.1) is 0 Å². The molecule has 0 bridgehead atoms. The number of benzene rings is 1.